The Morgan fingerprint density at radius 1 is 0.339 bits per heavy atom. The number of rotatable bonds is 9. The first-order chi connectivity index (χ1) is 26.1. The van der Waals surface area contributed by atoms with Crippen LogP contribution < -0.4 is 42.4 Å². The van der Waals surface area contributed by atoms with E-state index in [1.165, 1.54) is 0 Å². The molecule has 4 N–H and O–H groups in total. The second-order valence-electron chi connectivity index (χ2n) is 12.8. The monoisotopic (exact) mass is 830 g/mol. The van der Waals surface area contributed by atoms with Crippen LogP contribution in [0.4, 0.5) is 0 Å². The molecular weight excluding hydrogens is 794 g/mol. The second-order valence-corrected chi connectivity index (χ2v) is 20.3. The molecule has 0 aliphatic rings. The molecule has 6 nitrogen and oxygen atoms in total. The first kappa shape index (κ1) is 43.0. The van der Waals surface area contributed by atoms with Crippen molar-refractivity contribution in [2.45, 2.75) is 0 Å². The molecule has 0 amide bonds. The number of hydrogen-bond acceptors (Lipinski definition) is 2. The summed E-state index contributed by atoms with van der Waals surface area (Å²) in [6.07, 6.45) is 0. The first-order valence-electron chi connectivity index (χ1n) is 17.2. The summed E-state index contributed by atoms with van der Waals surface area (Å²) in [7, 11) is -12.5. The Bertz CT molecular complexity index is 2460. The molecule has 0 unspecified atom stereocenters. The fraction of sp³-hybridized carbons (Fsp3) is 0. The van der Waals surface area contributed by atoms with Crippen LogP contribution >= 0.6 is 31.0 Å². The molecule has 56 heavy (non-hydrogen) atoms. The van der Waals surface area contributed by atoms with Gasteiger partial charge in [-0.1, -0.05) is 170 Å². The van der Waals surface area contributed by atoms with Crippen LogP contribution in [0.2, 0.25) is 0 Å². The molecule has 0 saturated heterocycles. The molecule has 0 aromatic heterocycles. The topological polar surface area (TPSA) is 115 Å². The van der Waals surface area contributed by atoms with E-state index in [0.29, 0.717) is 21.5 Å². The molecule has 0 aliphatic carbocycles. The van der Waals surface area contributed by atoms with Gasteiger partial charge in [-0.2, -0.15) is 0 Å². The molecule has 0 bridgehead atoms. The van der Waals surface area contributed by atoms with Crippen LogP contribution in [-0.2, 0) is 9.13 Å². The number of fused-ring (bicyclic) bond motifs is 2. The summed E-state index contributed by atoms with van der Waals surface area (Å²) in [6, 6.07) is 57.9. The summed E-state index contributed by atoms with van der Waals surface area (Å²) in [5.74, 6) is 0. The van der Waals surface area contributed by atoms with E-state index in [9.17, 15) is 28.7 Å². The van der Waals surface area contributed by atoms with Crippen LogP contribution in [0.3, 0.4) is 0 Å². The number of benzene rings is 8. The van der Waals surface area contributed by atoms with E-state index in [1.54, 1.807) is 36.4 Å². The third kappa shape index (κ3) is 8.59. The maximum atomic E-state index is 13.5. The fourth-order valence-electron chi connectivity index (χ4n) is 7.21. The van der Waals surface area contributed by atoms with E-state index in [-0.39, 0.29) is 69.7 Å². The van der Waals surface area contributed by atoms with E-state index in [4.69, 9.17) is 0 Å². The average Bonchev–Trinajstić information content (AvgIpc) is 3.18. The predicted molar refractivity (Wildman–Crippen MR) is 242 cm³/mol. The van der Waals surface area contributed by atoms with Crippen molar-refractivity contribution in [3.05, 3.63) is 182 Å². The third-order valence-electron chi connectivity index (χ3n) is 9.42. The second kappa shape index (κ2) is 18.1. The van der Waals surface area contributed by atoms with Gasteiger partial charge in [0.1, 0.15) is 0 Å². The van der Waals surface area contributed by atoms with Crippen molar-refractivity contribution in [2.75, 3.05) is 0 Å². The summed E-state index contributed by atoms with van der Waals surface area (Å²) >= 11 is 0. The molecule has 0 saturated carbocycles. The maximum absolute atomic E-state index is 13.5. The summed E-state index contributed by atoms with van der Waals surface area (Å²) in [5, 5.41) is 7.36. The first-order valence-corrected chi connectivity index (χ1v) is 23.1. The van der Waals surface area contributed by atoms with Crippen molar-refractivity contribution in [1.29, 1.82) is 0 Å². The van der Waals surface area contributed by atoms with Gasteiger partial charge >= 0.3 is 74.3 Å². The Labute approximate surface area is 372 Å². The van der Waals surface area contributed by atoms with Crippen LogP contribution in [0.25, 0.3) is 32.7 Å². The summed E-state index contributed by atoms with van der Waals surface area (Å²) in [6.45, 7) is 0. The molecule has 0 heterocycles. The molecule has 0 atom stereocenters. The zero-order chi connectivity index (χ0) is 37.5. The van der Waals surface area contributed by atoms with Crippen molar-refractivity contribution in [3.63, 3.8) is 0 Å². The van der Waals surface area contributed by atoms with Gasteiger partial charge in [0.25, 0.3) is 0 Å². The molecular formula is C44H36Na2O6P4. The van der Waals surface area contributed by atoms with Crippen LogP contribution in [0.15, 0.2) is 182 Å². The van der Waals surface area contributed by atoms with Gasteiger partial charge in [-0.25, -0.2) is 0 Å². The van der Waals surface area contributed by atoms with Gasteiger partial charge in [0.2, 0.25) is 0 Å². The average molecular weight is 831 g/mol. The standard InChI is InChI=1S/C44H34O6P4.2Na.2H/c45-53(46,47)41-29-39(51(31-17-5-1-6-18-31)32-19-7-2-8-20-32)43(37-27-15-13-25-35(37)41)44-38-28-16-14-26-36(38)42(54(48,49)50)30-40(44)52(33-21-9-3-10-22-33)34-23-11-4-12-24-34;;;;/h1-30H,(H2,45,46,47)(H2,48,49,50);;;;. The normalized spacial score (nSPS) is 11.8. The van der Waals surface area contributed by atoms with E-state index in [1.807, 2.05) is 146 Å². The molecule has 0 aliphatic heterocycles. The Hall–Kier alpha value is -2.56. The van der Waals surface area contributed by atoms with Gasteiger partial charge in [-0.3, -0.25) is 9.13 Å². The van der Waals surface area contributed by atoms with Crippen molar-refractivity contribution < 1.29 is 28.7 Å². The summed E-state index contributed by atoms with van der Waals surface area (Å²) < 4.78 is 26.9. The Morgan fingerprint density at radius 2 is 0.571 bits per heavy atom. The molecule has 0 radical (unpaired) electrons. The van der Waals surface area contributed by atoms with Crippen molar-refractivity contribution in [3.8, 4) is 11.1 Å². The van der Waals surface area contributed by atoms with Gasteiger partial charge < -0.3 is 19.6 Å². The molecule has 8 rings (SSSR count). The van der Waals surface area contributed by atoms with Crippen LogP contribution in [-0.4, -0.2) is 78.7 Å². The molecule has 0 fully saturated rings. The summed E-state index contributed by atoms with van der Waals surface area (Å²) in [4.78, 5) is 43.9. The minimum atomic E-state index is -4.82. The van der Waals surface area contributed by atoms with Crippen molar-refractivity contribution >= 4 is 154 Å². The molecule has 8 aromatic rings. The summed E-state index contributed by atoms with van der Waals surface area (Å²) in [5.41, 5.74) is 1.54. The van der Waals surface area contributed by atoms with E-state index < -0.39 is 31.0 Å². The Balaban J connectivity index is 0.00000266. The quantitative estimate of drug-likeness (QED) is 0.113. The zero-order valence-corrected chi connectivity index (χ0v) is 32.3. The van der Waals surface area contributed by atoms with Crippen molar-refractivity contribution in [1.82, 2.24) is 0 Å². The van der Waals surface area contributed by atoms with E-state index in [0.717, 1.165) is 43.0 Å². The molecule has 12 heteroatoms. The SMILES string of the molecule is O=P(O)(O)c1cc(P(c2ccccc2)c2ccccc2)c(-c2c(P(c3ccccc3)c3ccccc3)cc(P(=O)(O)O)c3ccccc23)c2ccccc12.[NaH].[NaH]. The molecule has 0 spiro atoms. The third-order valence-corrected chi connectivity index (χ3v) is 16.3. The van der Waals surface area contributed by atoms with Gasteiger partial charge in [0.15, 0.2) is 0 Å². The van der Waals surface area contributed by atoms with E-state index in [2.05, 4.69) is 0 Å². The predicted octanol–water partition coefficient (Wildman–Crippen LogP) is 5.49. The van der Waals surface area contributed by atoms with Gasteiger partial charge in [-0.15, -0.1) is 0 Å². The Morgan fingerprint density at radius 3 is 0.821 bits per heavy atom. The fourth-order valence-corrected chi connectivity index (χ4v) is 14.0. The molecule has 8 aromatic carbocycles. The van der Waals surface area contributed by atoms with Crippen LogP contribution in [0.1, 0.15) is 0 Å². The Kier molecular flexibility index (Phi) is 13.9. The number of hydrogen-bond donors (Lipinski definition) is 4. The minimum absolute atomic E-state index is 0. The molecule has 270 valence electrons. The van der Waals surface area contributed by atoms with Gasteiger partial charge in [-0.05, 0) is 92.5 Å². The zero-order valence-electron chi connectivity index (χ0n) is 28.7. The van der Waals surface area contributed by atoms with Crippen molar-refractivity contribution in [2.24, 2.45) is 0 Å². The van der Waals surface area contributed by atoms with Crippen LogP contribution in [0, 0.1) is 0 Å². The van der Waals surface area contributed by atoms with E-state index >= 15 is 0 Å². The van der Waals surface area contributed by atoms with Crippen LogP contribution in [0.5, 0.6) is 0 Å². The van der Waals surface area contributed by atoms with Gasteiger partial charge in [0, 0.05) is 0 Å². The van der Waals surface area contributed by atoms with Gasteiger partial charge in [0.05, 0.1) is 10.6 Å².